The third-order valence-corrected chi connectivity index (χ3v) is 13.3. The van der Waals surface area contributed by atoms with Crippen LogP contribution in [0.4, 0.5) is 0 Å². The lowest BCUT2D eigenvalue weighted by Crippen LogP contribution is -2.51. The molecule has 14 nitrogen and oxygen atoms in total. The fourth-order valence-electron chi connectivity index (χ4n) is 7.89. The largest absolute Gasteiger partial charge is 0.391 e. The quantitative estimate of drug-likeness (QED) is 0.233. The number of nitrogens with one attached hydrogen (secondary N) is 2. The van der Waals surface area contributed by atoms with Crippen molar-refractivity contribution >= 4 is 20.4 Å². The van der Waals surface area contributed by atoms with E-state index in [-0.39, 0.29) is 37.0 Å². The molecule has 2 fully saturated rings. The number of aliphatic hydroxyl groups excluding tert-OH is 2. The van der Waals surface area contributed by atoms with Gasteiger partial charge in [-0.2, -0.15) is 25.4 Å². The number of imidazole rings is 2. The molecule has 4 aromatic rings. The first kappa shape index (κ1) is 33.0. The highest BCUT2D eigenvalue weighted by Gasteiger charge is 2.43. The van der Waals surface area contributed by atoms with Gasteiger partial charge in [0.05, 0.1) is 60.7 Å². The van der Waals surface area contributed by atoms with Gasteiger partial charge in [-0.3, -0.25) is 0 Å². The molecular weight excluding hydrogens is 657 g/mol. The molecule has 0 amide bonds. The molecule has 0 unspecified atom stereocenters. The summed E-state index contributed by atoms with van der Waals surface area (Å²) in [5.74, 6) is -0.102. The lowest BCUT2D eigenvalue weighted by Gasteiger charge is -2.38. The van der Waals surface area contributed by atoms with E-state index in [1.807, 2.05) is 36.7 Å². The number of fused-ring (bicyclic) bond motifs is 6. The molecule has 2 saturated heterocycles. The lowest BCUT2D eigenvalue weighted by molar-refractivity contribution is 0.0339. The van der Waals surface area contributed by atoms with Crippen LogP contribution in [0.25, 0.3) is 22.5 Å². The number of aromatic nitrogens is 4. The summed E-state index contributed by atoms with van der Waals surface area (Å²) < 4.78 is 59.3. The van der Waals surface area contributed by atoms with Gasteiger partial charge in [0.1, 0.15) is 0 Å². The van der Waals surface area contributed by atoms with Crippen molar-refractivity contribution in [2.24, 2.45) is 11.8 Å². The SMILES string of the molecule is CNS(=O)(=O)N1CC[C@@H]([C@H]2c3ccccc3-c3cncn32)[C@H](O)C1.CNS(=O)(=O)N1CC[C@H]([C@H]2c3ccccc3-c3cncn32)[C@@H](O)C1. The monoisotopic (exact) mass is 696 g/mol. The Balaban J connectivity index is 0.000000152. The third-order valence-electron chi connectivity index (χ3n) is 10.2. The number of aliphatic hydroxyl groups is 2. The number of benzene rings is 2. The topological polar surface area (TPSA) is 175 Å². The maximum Gasteiger partial charge on any atom is 0.279 e. The molecule has 8 rings (SSSR count). The molecule has 0 radical (unpaired) electrons. The minimum atomic E-state index is -3.51. The number of hydrogen-bond donors (Lipinski definition) is 4. The van der Waals surface area contributed by atoms with Gasteiger partial charge in [-0.1, -0.05) is 48.5 Å². The molecule has 4 N–H and O–H groups in total. The molecule has 2 aromatic carbocycles. The van der Waals surface area contributed by atoms with Gasteiger partial charge in [-0.05, 0) is 24.0 Å². The molecule has 48 heavy (non-hydrogen) atoms. The van der Waals surface area contributed by atoms with Gasteiger partial charge in [0, 0.05) is 63.2 Å². The van der Waals surface area contributed by atoms with E-state index in [1.54, 1.807) is 12.7 Å². The minimum absolute atomic E-state index is 0.00635. The highest BCUT2D eigenvalue weighted by Crippen LogP contribution is 2.47. The highest BCUT2D eigenvalue weighted by molar-refractivity contribution is 7.87. The van der Waals surface area contributed by atoms with Crippen LogP contribution in [-0.4, -0.2) is 107 Å². The fourth-order valence-corrected chi connectivity index (χ4v) is 9.80. The maximum absolute atomic E-state index is 12.0. The van der Waals surface area contributed by atoms with Crippen LogP contribution in [0.15, 0.2) is 73.6 Å². The Morgan fingerprint density at radius 2 is 1.06 bits per heavy atom. The van der Waals surface area contributed by atoms with E-state index < -0.39 is 32.6 Å². The second kappa shape index (κ2) is 12.8. The van der Waals surface area contributed by atoms with Crippen molar-refractivity contribution in [2.75, 3.05) is 40.3 Å². The zero-order valence-corrected chi connectivity index (χ0v) is 28.3. The summed E-state index contributed by atoms with van der Waals surface area (Å²) in [7, 11) is -4.24. The first-order chi connectivity index (χ1) is 23.1. The average Bonchev–Trinajstić information content (AvgIpc) is 3.87. The number of piperidine rings is 2. The predicted molar refractivity (Wildman–Crippen MR) is 179 cm³/mol. The molecule has 256 valence electrons. The van der Waals surface area contributed by atoms with Crippen molar-refractivity contribution in [2.45, 2.75) is 37.1 Å². The molecular formula is C32H40N8O6S2. The van der Waals surface area contributed by atoms with E-state index in [0.29, 0.717) is 25.9 Å². The molecule has 2 aromatic heterocycles. The van der Waals surface area contributed by atoms with E-state index in [4.69, 9.17) is 0 Å². The normalized spacial score (nSPS) is 27.0. The Morgan fingerprint density at radius 1 is 0.667 bits per heavy atom. The standard InChI is InChI=1S/2C16H20N4O3S/c2*1-17-24(22,23)19-7-6-13(15(21)9-19)16-12-5-3-2-4-11(12)14-8-18-10-20(14)16/h2*2-5,8,10,13,15-17,21H,6-7,9H2,1H3/t13-,15-,16+;13-,15-,16-/m01/s1. The summed E-state index contributed by atoms with van der Waals surface area (Å²) in [6.07, 6.45) is 7.00. The highest BCUT2D eigenvalue weighted by atomic mass is 32.2. The number of hydrogen-bond acceptors (Lipinski definition) is 8. The smallest absolute Gasteiger partial charge is 0.279 e. The van der Waals surface area contributed by atoms with Crippen LogP contribution in [0, 0.1) is 11.8 Å². The van der Waals surface area contributed by atoms with Crippen LogP contribution in [0.5, 0.6) is 0 Å². The van der Waals surface area contributed by atoms with Gasteiger partial charge in [0.25, 0.3) is 20.4 Å². The zero-order chi connectivity index (χ0) is 33.8. The Hall–Kier alpha value is -3.48. The van der Waals surface area contributed by atoms with E-state index in [0.717, 1.165) is 22.5 Å². The van der Waals surface area contributed by atoms with E-state index in [2.05, 4.69) is 52.8 Å². The predicted octanol–water partition coefficient (Wildman–Crippen LogP) is 1.20. The Morgan fingerprint density at radius 3 is 1.44 bits per heavy atom. The second-order valence-corrected chi connectivity index (χ2v) is 16.4. The van der Waals surface area contributed by atoms with Crippen molar-refractivity contribution < 1.29 is 27.0 Å². The number of β-amino-alcohol motifs (C(OH)–C–C–N with tert-alkyl or cyclic N) is 2. The Bertz CT molecular complexity index is 1870. The molecule has 6 heterocycles. The van der Waals surface area contributed by atoms with Crippen molar-refractivity contribution in [1.29, 1.82) is 0 Å². The fraction of sp³-hybridized carbons (Fsp3) is 0.438. The van der Waals surface area contributed by atoms with Crippen LogP contribution in [0.2, 0.25) is 0 Å². The molecule has 0 aliphatic carbocycles. The molecule has 0 bridgehead atoms. The van der Waals surface area contributed by atoms with Crippen molar-refractivity contribution in [3.05, 3.63) is 84.7 Å². The van der Waals surface area contributed by atoms with Gasteiger partial charge in [-0.25, -0.2) is 19.4 Å². The van der Waals surface area contributed by atoms with Gasteiger partial charge >= 0.3 is 0 Å². The van der Waals surface area contributed by atoms with Crippen molar-refractivity contribution in [3.8, 4) is 22.5 Å². The second-order valence-electron chi connectivity index (χ2n) is 12.6. The molecule has 0 saturated carbocycles. The summed E-state index contributed by atoms with van der Waals surface area (Å²) in [5, 5.41) is 21.4. The van der Waals surface area contributed by atoms with Gasteiger partial charge in [-0.15, -0.1) is 0 Å². The Labute approximate surface area is 280 Å². The number of nitrogens with zero attached hydrogens (tertiary/aromatic N) is 6. The van der Waals surface area contributed by atoms with Crippen LogP contribution in [0.3, 0.4) is 0 Å². The van der Waals surface area contributed by atoms with E-state index in [1.165, 1.54) is 33.8 Å². The Kier molecular flexibility index (Phi) is 8.78. The third kappa shape index (κ3) is 5.59. The van der Waals surface area contributed by atoms with E-state index in [9.17, 15) is 27.0 Å². The maximum atomic E-state index is 12.0. The lowest BCUT2D eigenvalue weighted by atomic mass is 9.84. The van der Waals surface area contributed by atoms with Crippen LogP contribution < -0.4 is 9.44 Å². The summed E-state index contributed by atoms with van der Waals surface area (Å²) in [5.41, 5.74) is 6.71. The summed E-state index contributed by atoms with van der Waals surface area (Å²) in [6.45, 7) is 1.01. The summed E-state index contributed by atoms with van der Waals surface area (Å²) in [4.78, 5) is 8.49. The summed E-state index contributed by atoms with van der Waals surface area (Å²) >= 11 is 0. The van der Waals surface area contributed by atoms with Crippen molar-refractivity contribution in [1.82, 2.24) is 37.2 Å². The zero-order valence-electron chi connectivity index (χ0n) is 26.7. The molecule has 4 aliphatic heterocycles. The summed E-state index contributed by atoms with van der Waals surface area (Å²) in [6, 6.07) is 16.3. The van der Waals surface area contributed by atoms with Gasteiger partial charge in [0.2, 0.25) is 0 Å². The van der Waals surface area contributed by atoms with Crippen molar-refractivity contribution in [3.63, 3.8) is 0 Å². The minimum Gasteiger partial charge on any atom is -0.391 e. The molecule has 0 spiro atoms. The van der Waals surface area contributed by atoms with Crippen LogP contribution >= 0.6 is 0 Å². The first-order valence-electron chi connectivity index (χ1n) is 16.0. The molecule has 6 atom stereocenters. The van der Waals surface area contributed by atoms with Gasteiger partial charge < -0.3 is 19.3 Å². The van der Waals surface area contributed by atoms with Crippen LogP contribution in [0.1, 0.15) is 36.1 Å². The number of rotatable bonds is 6. The molecule has 4 aliphatic rings. The van der Waals surface area contributed by atoms with E-state index >= 15 is 0 Å². The first-order valence-corrected chi connectivity index (χ1v) is 18.9. The molecule has 16 heteroatoms. The van der Waals surface area contributed by atoms with Crippen LogP contribution in [-0.2, 0) is 20.4 Å². The average molecular weight is 697 g/mol. The van der Waals surface area contributed by atoms with Gasteiger partial charge in [0.15, 0.2) is 0 Å².